The maximum atomic E-state index is 13.4. The van der Waals surface area contributed by atoms with E-state index in [2.05, 4.69) is 42.9 Å². The highest BCUT2D eigenvalue weighted by Gasteiger charge is 2.24. The zero-order valence-corrected chi connectivity index (χ0v) is 18.2. The summed E-state index contributed by atoms with van der Waals surface area (Å²) in [5.74, 6) is -0.0841. The molecular formula is C21H29N5OS. The predicted molar refractivity (Wildman–Crippen MR) is 116 cm³/mol. The minimum absolute atomic E-state index is 0.0841. The van der Waals surface area contributed by atoms with E-state index in [1.807, 2.05) is 30.7 Å². The van der Waals surface area contributed by atoms with Crippen molar-refractivity contribution in [2.75, 3.05) is 31.1 Å². The fourth-order valence-corrected chi connectivity index (χ4v) is 4.40. The number of hydrogen-bond acceptors (Lipinski definition) is 5. The molecule has 3 rings (SSSR count). The predicted octanol–water partition coefficient (Wildman–Crippen LogP) is 4.12. The average molecular weight is 400 g/mol. The third-order valence-corrected chi connectivity index (χ3v) is 6.16. The molecule has 0 saturated heterocycles. The maximum absolute atomic E-state index is 13.4. The van der Waals surface area contributed by atoms with Crippen LogP contribution in [0.15, 0.2) is 24.3 Å². The summed E-state index contributed by atoms with van der Waals surface area (Å²) < 4.78 is 2.96. The molecule has 1 amide bonds. The summed E-state index contributed by atoms with van der Waals surface area (Å²) in [5.41, 5.74) is 3.57. The highest BCUT2D eigenvalue weighted by molar-refractivity contribution is 7.22. The van der Waals surface area contributed by atoms with Gasteiger partial charge in [-0.3, -0.25) is 14.4 Å². The van der Waals surface area contributed by atoms with Crippen molar-refractivity contribution in [1.29, 1.82) is 0 Å². The maximum Gasteiger partial charge on any atom is 0.280 e. The van der Waals surface area contributed by atoms with Gasteiger partial charge in [-0.1, -0.05) is 37.3 Å². The van der Waals surface area contributed by atoms with Crippen LogP contribution in [-0.4, -0.2) is 51.8 Å². The van der Waals surface area contributed by atoms with E-state index >= 15 is 0 Å². The number of hydrogen-bond donors (Lipinski definition) is 0. The van der Waals surface area contributed by atoms with Gasteiger partial charge in [0.25, 0.3) is 5.91 Å². The van der Waals surface area contributed by atoms with Crippen LogP contribution in [0.4, 0.5) is 5.13 Å². The number of thiazole rings is 1. The van der Waals surface area contributed by atoms with Crippen LogP contribution in [0.2, 0.25) is 0 Å². The van der Waals surface area contributed by atoms with Gasteiger partial charge in [0, 0.05) is 25.3 Å². The van der Waals surface area contributed by atoms with E-state index in [4.69, 9.17) is 4.98 Å². The first-order valence-electron chi connectivity index (χ1n) is 9.93. The van der Waals surface area contributed by atoms with Crippen LogP contribution < -0.4 is 4.90 Å². The van der Waals surface area contributed by atoms with Crippen LogP contribution in [0.1, 0.15) is 42.5 Å². The number of rotatable bonds is 8. The summed E-state index contributed by atoms with van der Waals surface area (Å²) >= 11 is 1.57. The third kappa shape index (κ3) is 4.10. The Balaban J connectivity index is 1.97. The molecule has 2 aromatic heterocycles. The van der Waals surface area contributed by atoms with E-state index in [0.29, 0.717) is 12.2 Å². The number of likely N-dealkylation sites (N-methyl/N-ethyl adjacent to an activating group) is 1. The number of benzene rings is 1. The van der Waals surface area contributed by atoms with E-state index in [-0.39, 0.29) is 5.91 Å². The Morgan fingerprint density at radius 1 is 1.14 bits per heavy atom. The van der Waals surface area contributed by atoms with Crippen LogP contribution in [0.3, 0.4) is 0 Å². The lowest BCUT2D eigenvalue weighted by Crippen LogP contribution is -2.39. The zero-order chi connectivity index (χ0) is 20.3. The molecule has 0 aliphatic rings. The first-order chi connectivity index (χ1) is 13.5. The van der Waals surface area contributed by atoms with Crippen molar-refractivity contribution >= 4 is 32.6 Å². The van der Waals surface area contributed by atoms with Gasteiger partial charge in [-0.15, -0.1) is 0 Å². The molecule has 0 aliphatic heterocycles. The van der Waals surface area contributed by atoms with Crippen molar-refractivity contribution in [3.05, 3.63) is 41.2 Å². The number of carbonyl (C=O) groups excluding carboxylic acids is 1. The highest BCUT2D eigenvalue weighted by atomic mass is 32.1. The van der Waals surface area contributed by atoms with Gasteiger partial charge in [0.1, 0.15) is 0 Å². The molecule has 0 fully saturated rings. The van der Waals surface area contributed by atoms with Gasteiger partial charge in [-0.05, 0) is 51.6 Å². The number of fused-ring (bicyclic) bond motifs is 1. The van der Waals surface area contributed by atoms with Crippen molar-refractivity contribution < 1.29 is 4.79 Å². The molecule has 0 aliphatic carbocycles. The monoisotopic (exact) mass is 399 g/mol. The molecule has 0 N–H and O–H groups in total. The van der Waals surface area contributed by atoms with Crippen LogP contribution in [0.25, 0.3) is 10.2 Å². The number of aryl methyl sites for hydroxylation is 3. The lowest BCUT2D eigenvalue weighted by molar-refractivity contribution is 0.0978. The smallest absolute Gasteiger partial charge is 0.280 e. The van der Waals surface area contributed by atoms with Crippen molar-refractivity contribution in [3.63, 3.8) is 0 Å². The number of carbonyl (C=O) groups is 1. The van der Waals surface area contributed by atoms with Crippen molar-refractivity contribution in [3.8, 4) is 0 Å². The summed E-state index contributed by atoms with van der Waals surface area (Å²) in [6.45, 7) is 14.4. The average Bonchev–Trinajstić information content (AvgIpc) is 3.29. The Hall–Kier alpha value is -2.25. The summed E-state index contributed by atoms with van der Waals surface area (Å²) in [6, 6.07) is 8.02. The molecule has 7 heteroatoms. The van der Waals surface area contributed by atoms with Gasteiger partial charge in [0.15, 0.2) is 10.8 Å². The second kappa shape index (κ2) is 8.84. The highest BCUT2D eigenvalue weighted by Crippen LogP contribution is 2.31. The van der Waals surface area contributed by atoms with E-state index in [1.54, 1.807) is 16.2 Å². The molecule has 0 spiro atoms. The number of amides is 1. The fourth-order valence-electron chi connectivity index (χ4n) is 3.33. The first kappa shape index (κ1) is 20.5. The van der Waals surface area contributed by atoms with E-state index < -0.39 is 0 Å². The lowest BCUT2D eigenvalue weighted by Gasteiger charge is -2.24. The molecule has 3 aromatic rings. The topological polar surface area (TPSA) is 54.3 Å². The van der Waals surface area contributed by atoms with Crippen molar-refractivity contribution in [2.45, 2.75) is 41.2 Å². The molecule has 2 heterocycles. The minimum Gasteiger partial charge on any atom is -0.302 e. The molecule has 0 radical (unpaired) electrons. The Morgan fingerprint density at radius 3 is 2.50 bits per heavy atom. The van der Waals surface area contributed by atoms with E-state index in [1.165, 1.54) is 0 Å². The second-order valence-electron chi connectivity index (χ2n) is 6.89. The molecule has 0 saturated carbocycles. The van der Waals surface area contributed by atoms with Gasteiger partial charge in [0.2, 0.25) is 0 Å². The zero-order valence-electron chi connectivity index (χ0n) is 17.4. The molecule has 0 atom stereocenters. The van der Waals surface area contributed by atoms with Crippen molar-refractivity contribution in [2.24, 2.45) is 0 Å². The van der Waals surface area contributed by atoms with Gasteiger partial charge >= 0.3 is 0 Å². The number of aromatic nitrogens is 3. The van der Waals surface area contributed by atoms with Gasteiger partial charge in [-0.2, -0.15) is 5.10 Å². The minimum atomic E-state index is -0.0841. The molecule has 28 heavy (non-hydrogen) atoms. The Bertz CT molecular complexity index is 957. The molecule has 6 nitrogen and oxygen atoms in total. The summed E-state index contributed by atoms with van der Waals surface area (Å²) in [4.78, 5) is 22.3. The molecule has 150 valence electrons. The quantitative estimate of drug-likeness (QED) is 0.572. The third-order valence-electron chi connectivity index (χ3n) is 5.12. The number of anilines is 1. The summed E-state index contributed by atoms with van der Waals surface area (Å²) in [6.07, 6.45) is 0. The molecular weight excluding hydrogens is 370 g/mol. The molecule has 0 bridgehead atoms. The van der Waals surface area contributed by atoms with Crippen molar-refractivity contribution in [1.82, 2.24) is 19.7 Å². The normalized spacial score (nSPS) is 11.5. The number of nitrogens with zero attached hydrogens (tertiary/aromatic N) is 5. The van der Waals surface area contributed by atoms with E-state index in [0.717, 1.165) is 52.8 Å². The van der Waals surface area contributed by atoms with Gasteiger partial charge < -0.3 is 4.90 Å². The Labute approximate surface area is 170 Å². The SMILES string of the molecule is CCN(CC)CCN(C(=O)c1cc(C)n(CC)n1)c1nc2c(C)cccc2s1. The molecule has 0 unspecified atom stereocenters. The second-order valence-corrected chi connectivity index (χ2v) is 7.90. The fraction of sp³-hybridized carbons (Fsp3) is 0.476. The largest absolute Gasteiger partial charge is 0.302 e. The van der Waals surface area contributed by atoms with Gasteiger partial charge in [0.05, 0.1) is 10.2 Å². The van der Waals surface area contributed by atoms with Gasteiger partial charge in [-0.25, -0.2) is 4.98 Å². The van der Waals surface area contributed by atoms with Crippen LogP contribution in [-0.2, 0) is 6.54 Å². The summed E-state index contributed by atoms with van der Waals surface area (Å²) in [7, 11) is 0. The first-order valence-corrected chi connectivity index (χ1v) is 10.7. The number of para-hydroxylation sites is 1. The molecule has 1 aromatic carbocycles. The Morgan fingerprint density at radius 2 is 1.89 bits per heavy atom. The summed E-state index contributed by atoms with van der Waals surface area (Å²) in [5, 5.41) is 5.24. The standard InChI is InChI=1S/C21H29N5OS/c1-6-24(7-2)12-13-25(20(27)17-14-16(5)26(8-3)23-17)21-22-19-15(4)10-9-11-18(19)28-21/h9-11,14H,6-8,12-13H2,1-5H3. The lowest BCUT2D eigenvalue weighted by atomic mass is 10.2. The van der Waals surface area contributed by atoms with Crippen LogP contribution in [0, 0.1) is 13.8 Å². The van der Waals surface area contributed by atoms with E-state index in [9.17, 15) is 4.79 Å². The Kier molecular flexibility index (Phi) is 6.46. The van der Waals surface area contributed by atoms with Crippen LogP contribution >= 0.6 is 11.3 Å². The van der Waals surface area contributed by atoms with Crippen LogP contribution in [0.5, 0.6) is 0 Å².